The monoisotopic (exact) mass is 460 g/mol. The molecule has 0 atom stereocenters. The highest BCUT2D eigenvalue weighted by Crippen LogP contribution is 2.35. The number of halogens is 3. The Morgan fingerprint density at radius 1 is 1.24 bits per heavy atom. The normalized spacial score (nSPS) is 19.2. The molecule has 1 aromatic carbocycles. The molecule has 0 bridgehead atoms. The number of nitrogens with zero attached hydrogens (tertiary/aromatic N) is 3. The average molecular weight is 461 g/mol. The first-order chi connectivity index (χ1) is 15.7. The van der Waals surface area contributed by atoms with Crippen molar-refractivity contribution in [2.45, 2.75) is 57.7 Å². The Morgan fingerprint density at radius 2 is 1.97 bits per heavy atom. The molecular formula is C24H27F3N4O2. The summed E-state index contributed by atoms with van der Waals surface area (Å²) < 4.78 is 43.6. The first-order valence-corrected chi connectivity index (χ1v) is 11.1. The topological polar surface area (TPSA) is 80.0 Å². The summed E-state index contributed by atoms with van der Waals surface area (Å²) in [5.41, 5.74) is -1.67. The number of aromatic nitrogens is 3. The standard InChI is InChI=1S/C24H27F3N4O2/c1-24(2,27)21-5-3-4-18(28-21)23(33)29-20-10-15-12-31(16-8-6-14(13-32)7-9-16)30-19(15)11-17(20)22(25)26/h3-5,10-12,14,16,22,32H,6-9,13H2,1-2H3,(H,29,33). The fourth-order valence-electron chi connectivity index (χ4n) is 4.25. The summed E-state index contributed by atoms with van der Waals surface area (Å²) in [5.74, 6) is -0.398. The Labute approximate surface area is 189 Å². The first-order valence-electron chi connectivity index (χ1n) is 11.1. The number of hydrogen-bond donors (Lipinski definition) is 2. The van der Waals surface area contributed by atoms with E-state index in [1.807, 2.05) is 0 Å². The van der Waals surface area contributed by atoms with E-state index >= 15 is 0 Å². The van der Waals surface area contributed by atoms with Crippen molar-refractivity contribution in [3.8, 4) is 0 Å². The minimum Gasteiger partial charge on any atom is -0.396 e. The lowest BCUT2D eigenvalue weighted by Crippen LogP contribution is -2.20. The molecular weight excluding hydrogens is 433 g/mol. The summed E-state index contributed by atoms with van der Waals surface area (Å²) in [4.78, 5) is 16.8. The summed E-state index contributed by atoms with van der Waals surface area (Å²) in [5, 5.41) is 17.0. The summed E-state index contributed by atoms with van der Waals surface area (Å²) in [7, 11) is 0. The minimum atomic E-state index is -2.82. The van der Waals surface area contributed by atoms with E-state index in [2.05, 4.69) is 15.4 Å². The molecule has 1 aliphatic carbocycles. The summed E-state index contributed by atoms with van der Waals surface area (Å²) >= 11 is 0. The minimum absolute atomic E-state index is 0.0299. The second-order valence-electron chi connectivity index (χ2n) is 9.10. The van der Waals surface area contributed by atoms with Gasteiger partial charge >= 0.3 is 0 Å². The Balaban J connectivity index is 1.62. The zero-order chi connectivity index (χ0) is 23.8. The van der Waals surface area contributed by atoms with Gasteiger partial charge in [0.15, 0.2) is 0 Å². The van der Waals surface area contributed by atoms with Crippen molar-refractivity contribution < 1.29 is 23.1 Å². The summed E-state index contributed by atoms with van der Waals surface area (Å²) in [6.07, 6.45) is 2.48. The second-order valence-corrected chi connectivity index (χ2v) is 9.10. The van der Waals surface area contributed by atoms with E-state index < -0.39 is 18.0 Å². The number of nitrogens with one attached hydrogen (secondary N) is 1. The van der Waals surface area contributed by atoms with Crippen LogP contribution in [0.15, 0.2) is 36.5 Å². The molecule has 1 saturated carbocycles. The number of aliphatic hydroxyl groups is 1. The average Bonchev–Trinajstić information content (AvgIpc) is 3.21. The molecule has 9 heteroatoms. The largest absolute Gasteiger partial charge is 0.396 e. The summed E-state index contributed by atoms with van der Waals surface area (Å²) in [6.45, 7) is 2.83. The van der Waals surface area contributed by atoms with Crippen molar-refractivity contribution in [3.05, 3.63) is 53.5 Å². The van der Waals surface area contributed by atoms with Crippen molar-refractivity contribution >= 4 is 22.5 Å². The fraction of sp³-hybridized carbons (Fsp3) is 0.458. The number of amides is 1. The van der Waals surface area contributed by atoms with Gasteiger partial charge in [-0.3, -0.25) is 9.48 Å². The second kappa shape index (κ2) is 9.13. The molecule has 0 unspecified atom stereocenters. The van der Waals surface area contributed by atoms with E-state index in [0.717, 1.165) is 25.7 Å². The van der Waals surface area contributed by atoms with Gasteiger partial charge in [-0.05, 0) is 69.7 Å². The zero-order valence-electron chi connectivity index (χ0n) is 18.6. The third kappa shape index (κ3) is 5.03. The lowest BCUT2D eigenvalue weighted by Gasteiger charge is -2.27. The van der Waals surface area contributed by atoms with E-state index in [0.29, 0.717) is 16.8 Å². The number of anilines is 1. The zero-order valence-corrected chi connectivity index (χ0v) is 18.6. The van der Waals surface area contributed by atoms with Crippen molar-refractivity contribution in [2.24, 2.45) is 5.92 Å². The van der Waals surface area contributed by atoms with E-state index in [9.17, 15) is 23.1 Å². The maximum atomic E-state index is 14.2. The number of benzene rings is 1. The molecule has 3 aromatic rings. The van der Waals surface area contributed by atoms with Crippen LogP contribution in [0.1, 0.15) is 73.7 Å². The van der Waals surface area contributed by atoms with Crippen LogP contribution in [0.5, 0.6) is 0 Å². The number of carbonyl (C=O) groups is 1. The van der Waals surface area contributed by atoms with E-state index in [4.69, 9.17) is 0 Å². The highest BCUT2D eigenvalue weighted by molar-refractivity contribution is 6.04. The van der Waals surface area contributed by atoms with Crippen LogP contribution in [0.4, 0.5) is 18.9 Å². The number of fused-ring (bicyclic) bond motifs is 1. The van der Waals surface area contributed by atoms with Gasteiger partial charge in [0.25, 0.3) is 12.3 Å². The van der Waals surface area contributed by atoms with Gasteiger partial charge in [-0.25, -0.2) is 18.2 Å². The highest BCUT2D eigenvalue weighted by atomic mass is 19.3. The molecule has 33 heavy (non-hydrogen) atoms. The number of carbonyl (C=O) groups excluding carboxylic acids is 1. The van der Waals surface area contributed by atoms with Crippen LogP contribution in [0, 0.1) is 5.92 Å². The van der Waals surface area contributed by atoms with Gasteiger partial charge in [-0.2, -0.15) is 5.10 Å². The van der Waals surface area contributed by atoms with Crippen LogP contribution in [-0.4, -0.2) is 32.4 Å². The van der Waals surface area contributed by atoms with Crippen LogP contribution < -0.4 is 5.32 Å². The third-order valence-corrected chi connectivity index (χ3v) is 6.22. The number of alkyl halides is 3. The van der Waals surface area contributed by atoms with Gasteiger partial charge in [0, 0.05) is 23.8 Å². The fourth-order valence-corrected chi connectivity index (χ4v) is 4.25. The highest BCUT2D eigenvalue weighted by Gasteiger charge is 2.25. The summed E-state index contributed by atoms with van der Waals surface area (Å²) in [6, 6.07) is 7.30. The first kappa shape index (κ1) is 23.2. The maximum Gasteiger partial charge on any atom is 0.274 e. The predicted octanol–water partition coefficient (Wildman–Crippen LogP) is 5.55. The Hall–Kier alpha value is -2.94. The molecule has 4 rings (SSSR count). The smallest absolute Gasteiger partial charge is 0.274 e. The van der Waals surface area contributed by atoms with E-state index in [1.165, 1.54) is 44.2 Å². The predicted molar refractivity (Wildman–Crippen MR) is 119 cm³/mol. The molecule has 176 valence electrons. The van der Waals surface area contributed by atoms with Gasteiger partial charge < -0.3 is 10.4 Å². The molecule has 1 fully saturated rings. The van der Waals surface area contributed by atoms with E-state index in [1.54, 1.807) is 10.9 Å². The third-order valence-electron chi connectivity index (χ3n) is 6.22. The van der Waals surface area contributed by atoms with Gasteiger partial charge in [0.05, 0.1) is 22.9 Å². The van der Waals surface area contributed by atoms with E-state index in [-0.39, 0.29) is 35.3 Å². The number of aliphatic hydroxyl groups excluding tert-OH is 1. The van der Waals surface area contributed by atoms with Crippen LogP contribution in [0.2, 0.25) is 0 Å². The van der Waals surface area contributed by atoms with Gasteiger partial charge in [-0.1, -0.05) is 6.07 Å². The molecule has 6 nitrogen and oxygen atoms in total. The molecule has 1 aliphatic rings. The lowest BCUT2D eigenvalue weighted by atomic mass is 9.87. The Morgan fingerprint density at radius 3 is 2.61 bits per heavy atom. The van der Waals surface area contributed by atoms with Crippen LogP contribution in [0.25, 0.3) is 10.9 Å². The van der Waals surface area contributed by atoms with Crippen molar-refractivity contribution in [1.82, 2.24) is 14.8 Å². The van der Waals surface area contributed by atoms with Crippen molar-refractivity contribution in [1.29, 1.82) is 0 Å². The molecule has 1 amide bonds. The van der Waals surface area contributed by atoms with Crippen LogP contribution in [-0.2, 0) is 5.67 Å². The molecule has 0 spiro atoms. The molecule has 2 heterocycles. The quantitative estimate of drug-likeness (QED) is 0.506. The SMILES string of the molecule is CC(C)(F)c1cccc(C(=O)Nc2cc3cn(C4CCC(CO)CC4)nc3cc2C(F)F)n1. The van der Waals surface area contributed by atoms with Crippen LogP contribution >= 0.6 is 0 Å². The molecule has 2 N–H and O–H groups in total. The van der Waals surface area contributed by atoms with Gasteiger partial charge in [-0.15, -0.1) is 0 Å². The van der Waals surface area contributed by atoms with Gasteiger partial charge in [0.2, 0.25) is 0 Å². The van der Waals surface area contributed by atoms with Crippen molar-refractivity contribution in [3.63, 3.8) is 0 Å². The Bertz CT molecular complexity index is 1150. The molecule has 0 saturated heterocycles. The number of hydrogen-bond acceptors (Lipinski definition) is 4. The molecule has 2 aromatic heterocycles. The molecule has 0 aliphatic heterocycles. The van der Waals surface area contributed by atoms with Crippen molar-refractivity contribution in [2.75, 3.05) is 11.9 Å². The Kier molecular flexibility index (Phi) is 6.43. The lowest BCUT2D eigenvalue weighted by molar-refractivity contribution is 0.102. The van der Waals surface area contributed by atoms with Gasteiger partial charge in [0.1, 0.15) is 11.4 Å². The van der Waals surface area contributed by atoms with Crippen LogP contribution in [0.3, 0.4) is 0 Å². The number of pyridine rings is 1. The maximum absolute atomic E-state index is 14.2. The molecule has 0 radical (unpaired) electrons. The number of rotatable bonds is 6.